The summed E-state index contributed by atoms with van der Waals surface area (Å²) in [5, 5.41) is 2.90. The van der Waals surface area contributed by atoms with E-state index in [1.807, 2.05) is 30.3 Å². The molecule has 0 heterocycles. The number of rotatable bonds is 9. The van der Waals surface area contributed by atoms with Crippen LogP contribution in [0.3, 0.4) is 0 Å². The predicted octanol–water partition coefficient (Wildman–Crippen LogP) is 4.14. The van der Waals surface area contributed by atoms with E-state index in [9.17, 15) is 13.2 Å². The maximum Gasteiger partial charge on any atom is 0.251 e. The Hall–Kier alpha value is -2.64. The van der Waals surface area contributed by atoms with Gasteiger partial charge in [0.15, 0.2) is 0 Å². The van der Waals surface area contributed by atoms with Crippen molar-refractivity contribution in [1.29, 1.82) is 0 Å². The lowest BCUT2D eigenvalue weighted by atomic mass is 9.97. The number of carbonyl (C=O) groups excluding carboxylic acids is 1. The van der Waals surface area contributed by atoms with Gasteiger partial charge >= 0.3 is 0 Å². The van der Waals surface area contributed by atoms with Gasteiger partial charge in [0, 0.05) is 25.7 Å². The third-order valence-electron chi connectivity index (χ3n) is 5.48. The van der Waals surface area contributed by atoms with Gasteiger partial charge in [-0.05, 0) is 55.9 Å². The Morgan fingerprint density at radius 3 is 2.58 bits per heavy atom. The van der Waals surface area contributed by atoms with Crippen LogP contribution in [0.4, 0.5) is 0 Å². The molecule has 1 aliphatic rings. The molecule has 0 saturated heterocycles. The summed E-state index contributed by atoms with van der Waals surface area (Å²) in [7, 11) is -0.914. The topological polar surface area (TPSA) is 75.7 Å². The van der Waals surface area contributed by atoms with Gasteiger partial charge in [-0.1, -0.05) is 42.0 Å². The van der Waals surface area contributed by atoms with E-state index >= 15 is 0 Å². The summed E-state index contributed by atoms with van der Waals surface area (Å²) in [6, 6.07) is 13.9. The average Bonchev–Trinajstić information content (AvgIpc) is 2.80. The average molecular weight is 443 g/mol. The Balaban J connectivity index is 1.74. The number of allylic oxidation sites excluding steroid dienone is 1. The van der Waals surface area contributed by atoms with Gasteiger partial charge in [0.2, 0.25) is 10.0 Å². The van der Waals surface area contributed by atoms with E-state index in [4.69, 9.17) is 4.74 Å². The molecule has 0 unspecified atom stereocenters. The summed E-state index contributed by atoms with van der Waals surface area (Å²) in [5.74, 6) is -0.0787. The van der Waals surface area contributed by atoms with Crippen molar-refractivity contribution in [1.82, 2.24) is 9.62 Å². The van der Waals surface area contributed by atoms with E-state index in [0.29, 0.717) is 12.1 Å². The monoisotopic (exact) mass is 442 g/mol. The van der Waals surface area contributed by atoms with E-state index in [-0.39, 0.29) is 23.1 Å². The molecule has 0 atom stereocenters. The van der Waals surface area contributed by atoms with E-state index in [2.05, 4.69) is 11.4 Å². The van der Waals surface area contributed by atoms with Gasteiger partial charge in [0.05, 0.1) is 7.11 Å². The molecule has 2 aromatic carbocycles. The van der Waals surface area contributed by atoms with Gasteiger partial charge < -0.3 is 10.1 Å². The highest BCUT2D eigenvalue weighted by Crippen LogP contribution is 2.28. The fraction of sp³-hybridized carbons (Fsp3) is 0.375. The Labute approximate surface area is 185 Å². The predicted molar refractivity (Wildman–Crippen MR) is 122 cm³/mol. The van der Waals surface area contributed by atoms with Crippen molar-refractivity contribution in [3.63, 3.8) is 0 Å². The second-order valence-corrected chi connectivity index (χ2v) is 9.74. The molecule has 166 valence electrons. The van der Waals surface area contributed by atoms with Gasteiger partial charge in [-0.15, -0.1) is 0 Å². The third kappa shape index (κ3) is 5.95. The molecule has 0 aliphatic heterocycles. The van der Waals surface area contributed by atoms with Crippen LogP contribution in [-0.4, -0.2) is 39.3 Å². The Bertz CT molecular complexity index is 1030. The molecule has 0 spiro atoms. The highest BCUT2D eigenvalue weighted by molar-refractivity contribution is 7.89. The fourth-order valence-corrected chi connectivity index (χ4v) is 5.02. The second kappa shape index (κ2) is 10.6. The molecule has 1 aliphatic carbocycles. The number of amides is 1. The maximum absolute atomic E-state index is 13.2. The molecule has 6 nitrogen and oxygen atoms in total. The smallest absolute Gasteiger partial charge is 0.251 e. The van der Waals surface area contributed by atoms with Crippen LogP contribution in [0.2, 0.25) is 0 Å². The third-order valence-corrected chi connectivity index (χ3v) is 7.30. The number of nitrogens with one attached hydrogen (secondary N) is 1. The van der Waals surface area contributed by atoms with Crippen LogP contribution < -0.4 is 10.1 Å². The Morgan fingerprint density at radius 1 is 1.13 bits per heavy atom. The van der Waals surface area contributed by atoms with E-state index < -0.39 is 10.0 Å². The fourth-order valence-electron chi connectivity index (χ4n) is 3.68. The number of sulfonamides is 1. The van der Waals surface area contributed by atoms with Crippen molar-refractivity contribution in [2.75, 3.05) is 20.7 Å². The zero-order chi connectivity index (χ0) is 22.3. The highest BCUT2D eigenvalue weighted by Gasteiger charge is 2.26. The van der Waals surface area contributed by atoms with E-state index in [1.54, 1.807) is 6.07 Å². The van der Waals surface area contributed by atoms with Gasteiger partial charge in [-0.25, -0.2) is 8.42 Å². The number of hydrogen-bond acceptors (Lipinski definition) is 4. The molecule has 1 amide bonds. The van der Waals surface area contributed by atoms with Crippen molar-refractivity contribution in [2.24, 2.45) is 0 Å². The minimum Gasteiger partial charge on any atom is -0.495 e. The SMILES string of the molecule is COc1ccc(C(=O)NCCC2=CCCCC2)cc1S(=O)(=O)N(C)Cc1ccccc1. The lowest BCUT2D eigenvalue weighted by Crippen LogP contribution is -2.28. The van der Waals surface area contributed by atoms with Gasteiger partial charge in [0.1, 0.15) is 10.6 Å². The van der Waals surface area contributed by atoms with Crippen molar-refractivity contribution in [3.8, 4) is 5.75 Å². The minimum absolute atomic E-state index is 0.0175. The first-order valence-corrected chi connectivity index (χ1v) is 12.0. The van der Waals surface area contributed by atoms with Crippen LogP contribution in [0.1, 0.15) is 48.0 Å². The quantitative estimate of drug-likeness (QED) is 0.593. The standard InChI is InChI=1S/C24H30N2O4S/c1-26(18-20-11-7-4-8-12-20)31(28,29)23-17-21(13-14-22(23)30-2)24(27)25-16-15-19-9-5-3-6-10-19/h4,7-9,11-14,17H,3,5-6,10,15-16,18H2,1-2H3,(H,25,27). The molecular formula is C24H30N2O4S. The summed E-state index contributed by atoms with van der Waals surface area (Å²) < 4.78 is 33.0. The van der Waals surface area contributed by atoms with Crippen LogP contribution in [0, 0.1) is 0 Å². The molecule has 0 aromatic heterocycles. The highest BCUT2D eigenvalue weighted by atomic mass is 32.2. The summed E-state index contributed by atoms with van der Waals surface area (Å²) in [4.78, 5) is 12.6. The van der Waals surface area contributed by atoms with Crippen LogP contribution in [-0.2, 0) is 16.6 Å². The molecule has 0 fully saturated rings. The van der Waals surface area contributed by atoms with Gasteiger partial charge in [0.25, 0.3) is 5.91 Å². The first-order valence-electron chi connectivity index (χ1n) is 10.6. The molecule has 2 aromatic rings. The van der Waals surface area contributed by atoms with Gasteiger partial charge in [-0.3, -0.25) is 4.79 Å². The summed E-state index contributed by atoms with van der Waals surface area (Å²) in [6.45, 7) is 0.755. The van der Waals surface area contributed by atoms with Crippen LogP contribution >= 0.6 is 0 Å². The number of benzene rings is 2. The summed E-state index contributed by atoms with van der Waals surface area (Å²) in [5.41, 5.74) is 2.55. The lowest BCUT2D eigenvalue weighted by molar-refractivity contribution is 0.0953. The minimum atomic E-state index is -3.85. The summed E-state index contributed by atoms with van der Waals surface area (Å²) >= 11 is 0. The first-order chi connectivity index (χ1) is 14.9. The lowest BCUT2D eigenvalue weighted by Gasteiger charge is -2.19. The Kier molecular flexibility index (Phi) is 7.87. The number of ether oxygens (including phenoxy) is 1. The molecular weight excluding hydrogens is 412 g/mol. The second-order valence-electron chi connectivity index (χ2n) is 7.73. The normalized spacial score (nSPS) is 14.2. The number of nitrogens with zero attached hydrogens (tertiary/aromatic N) is 1. The zero-order valence-corrected chi connectivity index (χ0v) is 19.0. The maximum atomic E-state index is 13.2. The Morgan fingerprint density at radius 2 is 1.90 bits per heavy atom. The van der Waals surface area contributed by atoms with Crippen molar-refractivity contribution in [3.05, 3.63) is 71.3 Å². The summed E-state index contributed by atoms with van der Waals surface area (Å²) in [6.07, 6.45) is 7.73. The van der Waals surface area contributed by atoms with Crippen LogP contribution in [0.15, 0.2) is 65.1 Å². The number of carbonyl (C=O) groups is 1. The molecule has 3 rings (SSSR count). The molecule has 31 heavy (non-hydrogen) atoms. The van der Waals surface area contributed by atoms with E-state index in [1.165, 1.54) is 49.0 Å². The van der Waals surface area contributed by atoms with Crippen LogP contribution in [0.5, 0.6) is 5.75 Å². The van der Waals surface area contributed by atoms with Crippen molar-refractivity contribution in [2.45, 2.75) is 43.5 Å². The van der Waals surface area contributed by atoms with Crippen molar-refractivity contribution < 1.29 is 17.9 Å². The zero-order valence-electron chi connectivity index (χ0n) is 18.1. The molecule has 7 heteroatoms. The van der Waals surface area contributed by atoms with E-state index in [0.717, 1.165) is 24.8 Å². The molecule has 0 radical (unpaired) electrons. The van der Waals surface area contributed by atoms with Crippen molar-refractivity contribution >= 4 is 15.9 Å². The van der Waals surface area contributed by atoms with Gasteiger partial charge in [-0.2, -0.15) is 4.31 Å². The number of methoxy groups -OCH3 is 1. The number of hydrogen-bond donors (Lipinski definition) is 1. The molecule has 0 saturated carbocycles. The van der Waals surface area contributed by atoms with Crippen LogP contribution in [0.25, 0.3) is 0 Å². The molecule has 1 N–H and O–H groups in total. The largest absolute Gasteiger partial charge is 0.495 e. The molecule has 0 bridgehead atoms. The first kappa shape index (κ1) is 23.0.